The van der Waals surface area contributed by atoms with E-state index in [4.69, 9.17) is 10.5 Å². The molecule has 5 heteroatoms. The van der Waals surface area contributed by atoms with Crippen molar-refractivity contribution in [2.24, 2.45) is 5.73 Å². The fourth-order valence-electron chi connectivity index (χ4n) is 0.819. The van der Waals surface area contributed by atoms with E-state index in [0.29, 0.717) is 6.07 Å². The van der Waals surface area contributed by atoms with Crippen LogP contribution in [0.1, 0.15) is 6.92 Å². The Morgan fingerprint density at radius 1 is 1.50 bits per heavy atom. The molecule has 0 heterocycles. The van der Waals surface area contributed by atoms with Gasteiger partial charge in [0.2, 0.25) is 0 Å². The van der Waals surface area contributed by atoms with Gasteiger partial charge in [0.15, 0.2) is 17.7 Å². The van der Waals surface area contributed by atoms with Crippen molar-refractivity contribution in [2.75, 3.05) is 0 Å². The number of hydrogen-bond acceptors (Lipinski definition) is 2. The summed E-state index contributed by atoms with van der Waals surface area (Å²) in [6, 6.07) is 2.80. The molecule has 0 aliphatic carbocycles. The minimum absolute atomic E-state index is 0.197. The minimum atomic E-state index is -0.949. The Hall–Kier alpha value is -1.65. The summed E-state index contributed by atoms with van der Waals surface area (Å²) >= 11 is 0. The molecule has 0 aliphatic heterocycles. The molecule has 2 N–H and O–H groups in total. The molecule has 1 unspecified atom stereocenters. The third-order valence-corrected chi connectivity index (χ3v) is 1.60. The standard InChI is InChI=1S/C9H9F2NO2/c1-5(9(12)13)14-8-3-2-6(10)4-7(8)11/h2-5H,1H3,(H2,12,13). The molecule has 0 spiro atoms. The number of carbonyl (C=O) groups excluding carboxylic acids is 1. The van der Waals surface area contributed by atoms with Gasteiger partial charge >= 0.3 is 0 Å². The van der Waals surface area contributed by atoms with E-state index in [9.17, 15) is 13.6 Å². The fraction of sp³-hybridized carbons (Fsp3) is 0.222. The summed E-state index contributed by atoms with van der Waals surface area (Å²) in [6.07, 6.45) is -0.949. The van der Waals surface area contributed by atoms with E-state index >= 15 is 0 Å². The van der Waals surface area contributed by atoms with Crippen molar-refractivity contribution in [2.45, 2.75) is 13.0 Å². The minimum Gasteiger partial charge on any atom is -0.478 e. The molecule has 1 amide bonds. The van der Waals surface area contributed by atoms with Crippen LogP contribution in [0, 0.1) is 11.6 Å². The van der Waals surface area contributed by atoms with Gasteiger partial charge in [0, 0.05) is 6.07 Å². The van der Waals surface area contributed by atoms with Crippen molar-refractivity contribution in [3.8, 4) is 5.75 Å². The third kappa shape index (κ3) is 2.42. The van der Waals surface area contributed by atoms with Crippen LogP contribution in [0.3, 0.4) is 0 Å². The second-order valence-corrected chi connectivity index (χ2v) is 2.74. The van der Waals surface area contributed by atoms with Gasteiger partial charge in [-0.05, 0) is 19.1 Å². The number of hydrogen-bond donors (Lipinski definition) is 1. The molecule has 0 bridgehead atoms. The molecule has 76 valence electrons. The average Bonchev–Trinajstić information content (AvgIpc) is 2.09. The SMILES string of the molecule is CC(Oc1ccc(F)cc1F)C(N)=O. The maximum atomic E-state index is 13.0. The summed E-state index contributed by atoms with van der Waals surface area (Å²) in [6.45, 7) is 1.38. The molecule has 0 saturated carbocycles. The molecule has 1 aromatic rings. The zero-order valence-electron chi connectivity index (χ0n) is 7.46. The maximum absolute atomic E-state index is 13.0. The zero-order chi connectivity index (χ0) is 10.7. The lowest BCUT2D eigenvalue weighted by molar-refractivity contribution is -0.124. The van der Waals surface area contributed by atoms with Crippen molar-refractivity contribution < 1.29 is 18.3 Å². The van der Waals surface area contributed by atoms with Crippen LogP contribution in [0.4, 0.5) is 8.78 Å². The van der Waals surface area contributed by atoms with Crippen LogP contribution in [-0.2, 0) is 4.79 Å². The molecule has 0 fully saturated rings. The van der Waals surface area contributed by atoms with Crippen LogP contribution >= 0.6 is 0 Å². The molecule has 14 heavy (non-hydrogen) atoms. The van der Waals surface area contributed by atoms with Crippen LogP contribution < -0.4 is 10.5 Å². The predicted octanol–water partition coefficient (Wildman–Crippen LogP) is 1.22. The van der Waals surface area contributed by atoms with Crippen molar-refractivity contribution in [3.63, 3.8) is 0 Å². The fourth-order valence-corrected chi connectivity index (χ4v) is 0.819. The lowest BCUT2D eigenvalue weighted by Gasteiger charge is -2.11. The molecule has 1 aromatic carbocycles. The molecular formula is C9H9F2NO2. The average molecular weight is 201 g/mol. The Bertz CT molecular complexity index is 355. The van der Waals surface area contributed by atoms with Gasteiger partial charge in [-0.1, -0.05) is 0 Å². The van der Waals surface area contributed by atoms with E-state index in [2.05, 4.69) is 0 Å². The van der Waals surface area contributed by atoms with Crippen LogP contribution in [-0.4, -0.2) is 12.0 Å². The number of carbonyl (C=O) groups is 1. The smallest absolute Gasteiger partial charge is 0.258 e. The molecular weight excluding hydrogens is 192 g/mol. The molecule has 1 atom stereocenters. The summed E-state index contributed by atoms with van der Waals surface area (Å²) in [5.74, 6) is -2.48. The largest absolute Gasteiger partial charge is 0.478 e. The van der Waals surface area contributed by atoms with E-state index in [-0.39, 0.29) is 5.75 Å². The zero-order valence-corrected chi connectivity index (χ0v) is 7.46. The number of primary amides is 1. The Labute approximate surface area is 79.5 Å². The lowest BCUT2D eigenvalue weighted by Crippen LogP contribution is -2.30. The van der Waals surface area contributed by atoms with E-state index in [1.807, 2.05) is 0 Å². The first-order valence-corrected chi connectivity index (χ1v) is 3.91. The van der Waals surface area contributed by atoms with Gasteiger partial charge in [-0.15, -0.1) is 0 Å². The highest BCUT2D eigenvalue weighted by Crippen LogP contribution is 2.18. The quantitative estimate of drug-likeness (QED) is 0.799. The molecule has 0 saturated heterocycles. The Morgan fingerprint density at radius 3 is 2.64 bits per heavy atom. The molecule has 0 radical (unpaired) electrons. The number of nitrogens with two attached hydrogens (primary N) is 1. The van der Waals surface area contributed by atoms with E-state index in [1.54, 1.807) is 0 Å². The highest BCUT2D eigenvalue weighted by molar-refractivity contribution is 5.78. The summed E-state index contributed by atoms with van der Waals surface area (Å²) < 4.78 is 30.3. The molecule has 0 aliphatic rings. The third-order valence-electron chi connectivity index (χ3n) is 1.60. The van der Waals surface area contributed by atoms with Crippen molar-refractivity contribution in [1.82, 2.24) is 0 Å². The van der Waals surface area contributed by atoms with Gasteiger partial charge in [0.05, 0.1) is 0 Å². The molecule has 1 rings (SSSR count). The number of amides is 1. The van der Waals surface area contributed by atoms with E-state index in [0.717, 1.165) is 12.1 Å². The highest BCUT2D eigenvalue weighted by atomic mass is 19.1. The summed E-state index contributed by atoms with van der Waals surface area (Å²) in [5.41, 5.74) is 4.90. The highest BCUT2D eigenvalue weighted by Gasteiger charge is 2.13. The summed E-state index contributed by atoms with van der Waals surface area (Å²) in [7, 11) is 0. The van der Waals surface area contributed by atoms with Crippen molar-refractivity contribution in [1.29, 1.82) is 0 Å². The van der Waals surface area contributed by atoms with Gasteiger partial charge in [-0.2, -0.15) is 0 Å². The Kier molecular flexibility index (Phi) is 3.01. The number of benzene rings is 1. The van der Waals surface area contributed by atoms with Crippen LogP contribution in [0.5, 0.6) is 5.75 Å². The second kappa shape index (κ2) is 4.04. The monoisotopic (exact) mass is 201 g/mol. The van der Waals surface area contributed by atoms with Crippen molar-refractivity contribution >= 4 is 5.91 Å². The van der Waals surface area contributed by atoms with Crippen LogP contribution in [0.25, 0.3) is 0 Å². The first-order chi connectivity index (χ1) is 6.50. The van der Waals surface area contributed by atoms with Gasteiger partial charge < -0.3 is 10.5 Å². The van der Waals surface area contributed by atoms with Gasteiger partial charge in [-0.3, -0.25) is 4.79 Å². The van der Waals surface area contributed by atoms with Crippen LogP contribution in [0.2, 0.25) is 0 Å². The maximum Gasteiger partial charge on any atom is 0.258 e. The lowest BCUT2D eigenvalue weighted by atomic mass is 10.3. The second-order valence-electron chi connectivity index (χ2n) is 2.74. The number of halogens is 2. The van der Waals surface area contributed by atoms with E-state index in [1.165, 1.54) is 6.92 Å². The number of rotatable bonds is 3. The van der Waals surface area contributed by atoms with Gasteiger partial charge in [0.25, 0.3) is 5.91 Å². The normalized spacial score (nSPS) is 12.2. The van der Waals surface area contributed by atoms with E-state index < -0.39 is 23.6 Å². The summed E-state index contributed by atoms with van der Waals surface area (Å²) in [5, 5.41) is 0. The molecule has 3 nitrogen and oxygen atoms in total. The van der Waals surface area contributed by atoms with Crippen molar-refractivity contribution in [3.05, 3.63) is 29.8 Å². The predicted molar refractivity (Wildman–Crippen MR) is 45.6 cm³/mol. The number of ether oxygens (including phenoxy) is 1. The molecule has 0 aromatic heterocycles. The van der Waals surface area contributed by atoms with Gasteiger partial charge in [0.1, 0.15) is 5.82 Å². The topological polar surface area (TPSA) is 52.3 Å². The van der Waals surface area contributed by atoms with Gasteiger partial charge in [-0.25, -0.2) is 8.78 Å². The Morgan fingerprint density at radius 2 is 2.14 bits per heavy atom. The summed E-state index contributed by atoms with van der Waals surface area (Å²) in [4.78, 5) is 10.6. The Balaban J connectivity index is 2.82. The van der Waals surface area contributed by atoms with Crippen LogP contribution in [0.15, 0.2) is 18.2 Å². The first-order valence-electron chi connectivity index (χ1n) is 3.91. The first kappa shape index (κ1) is 10.4.